The van der Waals surface area contributed by atoms with Gasteiger partial charge in [0.25, 0.3) is 0 Å². The number of nitrogens with one attached hydrogen (secondary N) is 1. The average molecular weight is 376 g/mol. The molecule has 0 radical (unpaired) electrons. The van der Waals surface area contributed by atoms with Gasteiger partial charge in [-0.3, -0.25) is 9.78 Å². The lowest BCUT2D eigenvalue weighted by Gasteiger charge is -2.18. The fourth-order valence-electron chi connectivity index (χ4n) is 2.15. The Labute approximate surface area is 158 Å². The van der Waals surface area contributed by atoms with Crippen molar-refractivity contribution >= 4 is 23.6 Å². The second-order valence-corrected chi connectivity index (χ2v) is 6.30. The number of rotatable bonds is 7. The summed E-state index contributed by atoms with van der Waals surface area (Å²) in [6.07, 6.45) is 1.82. The van der Waals surface area contributed by atoms with E-state index in [1.54, 1.807) is 25.4 Å². The summed E-state index contributed by atoms with van der Waals surface area (Å²) in [7, 11) is 1.64. The molecule has 7 heteroatoms. The molecule has 26 heavy (non-hydrogen) atoms. The van der Waals surface area contributed by atoms with E-state index in [-0.39, 0.29) is 25.0 Å². The zero-order chi connectivity index (χ0) is 18.9. The highest BCUT2D eigenvalue weighted by atomic mass is 35.5. The number of halogens is 1. The van der Waals surface area contributed by atoms with Crippen LogP contribution in [0.5, 0.6) is 0 Å². The van der Waals surface area contributed by atoms with Crippen molar-refractivity contribution in [3.8, 4) is 0 Å². The number of ether oxygens (including phenoxy) is 1. The molecule has 0 aliphatic carbocycles. The van der Waals surface area contributed by atoms with Crippen LogP contribution in [0.25, 0.3) is 0 Å². The fraction of sp³-hybridized carbons (Fsp3) is 0.316. The van der Waals surface area contributed by atoms with E-state index < -0.39 is 0 Å². The van der Waals surface area contributed by atoms with E-state index in [1.165, 1.54) is 4.90 Å². The summed E-state index contributed by atoms with van der Waals surface area (Å²) in [5.74, 6) is -0.369. The maximum atomic E-state index is 12.0. The number of pyridine rings is 1. The van der Waals surface area contributed by atoms with Crippen LogP contribution >= 0.6 is 11.6 Å². The lowest BCUT2D eigenvalue weighted by molar-refractivity contribution is -0.143. The van der Waals surface area contributed by atoms with Crippen molar-refractivity contribution in [3.05, 3.63) is 64.4 Å². The highest BCUT2D eigenvalue weighted by Crippen LogP contribution is 2.14. The van der Waals surface area contributed by atoms with E-state index >= 15 is 0 Å². The Morgan fingerprint density at radius 3 is 2.69 bits per heavy atom. The van der Waals surface area contributed by atoms with Crippen molar-refractivity contribution in [1.29, 1.82) is 0 Å². The first kappa shape index (κ1) is 19.7. The van der Waals surface area contributed by atoms with E-state index in [1.807, 2.05) is 31.2 Å². The minimum atomic E-state index is -0.369. The van der Waals surface area contributed by atoms with E-state index in [9.17, 15) is 9.59 Å². The van der Waals surface area contributed by atoms with Gasteiger partial charge in [-0.1, -0.05) is 35.9 Å². The normalized spacial score (nSPS) is 10.3. The molecule has 0 unspecified atom stereocenters. The molecule has 0 aliphatic heterocycles. The molecule has 0 saturated heterocycles. The summed E-state index contributed by atoms with van der Waals surface area (Å²) in [6, 6.07) is 10.7. The van der Waals surface area contributed by atoms with Crippen LogP contribution in [0, 0.1) is 6.92 Å². The van der Waals surface area contributed by atoms with Gasteiger partial charge in [-0.05, 0) is 30.2 Å². The largest absolute Gasteiger partial charge is 0.464 e. The van der Waals surface area contributed by atoms with Crippen LogP contribution in [0.3, 0.4) is 0 Å². The van der Waals surface area contributed by atoms with E-state index in [2.05, 4.69) is 10.3 Å². The zero-order valence-corrected chi connectivity index (χ0v) is 15.6. The molecule has 0 fully saturated rings. The molecule has 0 aliphatic rings. The quantitative estimate of drug-likeness (QED) is 0.755. The highest BCUT2D eigenvalue weighted by Gasteiger charge is 2.11. The third-order valence-electron chi connectivity index (χ3n) is 3.72. The fourth-order valence-corrected chi connectivity index (χ4v) is 2.35. The summed E-state index contributed by atoms with van der Waals surface area (Å²) < 4.78 is 5.16. The number of likely N-dealkylation sites (N-methyl/N-ethyl adjacent to an activating group) is 1. The van der Waals surface area contributed by atoms with Gasteiger partial charge in [0.05, 0.1) is 18.7 Å². The second kappa shape index (κ2) is 9.77. The average Bonchev–Trinajstić information content (AvgIpc) is 2.62. The third-order valence-corrected chi connectivity index (χ3v) is 4.09. The molecule has 0 saturated carbocycles. The molecule has 2 rings (SSSR count). The number of benzene rings is 1. The molecule has 0 atom stereocenters. The van der Waals surface area contributed by atoms with E-state index in [0.29, 0.717) is 23.8 Å². The number of nitrogens with zero attached hydrogens (tertiary/aromatic N) is 2. The Hall–Kier alpha value is -2.60. The predicted molar refractivity (Wildman–Crippen MR) is 100.0 cm³/mol. The summed E-state index contributed by atoms with van der Waals surface area (Å²) in [4.78, 5) is 29.5. The molecule has 1 aromatic heterocycles. The maximum absolute atomic E-state index is 12.0. The lowest BCUT2D eigenvalue weighted by atomic mass is 10.2. The predicted octanol–water partition coefficient (Wildman–Crippen LogP) is 2.97. The van der Waals surface area contributed by atoms with Crippen molar-refractivity contribution in [2.24, 2.45) is 0 Å². The molecule has 0 spiro atoms. The van der Waals surface area contributed by atoms with Gasteiger partial charge in [-0.2, -0.15) is 0 Å². The van der Waals surface area contributed by atoms with Gasteiger partial charge >= 0.3 is 12.0 Å². The Morgan fingerprint density at radius 2 is 2.00 bits per heavy atom. The van der Waals surface area contributed by atoms with Gasteiger partial charge in [0.2, 0.25) is 0 Å². The van der Waals surface area contributed by atoms with Crippen molar-refractivity contribution < 1.29 is 14.3 Å². The van der Waals surface area contributed by atoms with Gasteiger partial charge in [-0.15, -0.1) is 0 Å². The van der Waals surface area contributed by atoms with Crippen LogP contribution in [-0.2, 0) is 22.5 Å². The molecule has 2 amide bonds. The van der Waals surface area contributed by atoms with Crippen molar-refractivity contribution in [1.82, 2.24) is 15.2 Å². The summed E-state index contributed by atoms with van der Waals surface area (Å²) >= 11 is 6.05. The number of carbonyl (C=O) groups excluding carboxylic acids is 2. The number of aryl methyl sites for hydroxylation is 1. The number of carbonyl (C=O) groups is 2. The SMILES string of the molecule is Cc1ccc(CC(=O)OCCN(C)C(=O)NCc2ccccc2Cl)nc1. The van der Waals surface area contributed by atoms with Gasteiger partial charge in [-0.25, -0.2) is 4.79 Å². The number of urea groups is 1. The van der Waals surface area contributed by atoms with Gasteiger partial charge in [0, 0.05) is 24.8 Å². The lowest BCUT2D eigenvalue weighted by Crippen LogP contribution is -2.39. The monoisotopic (exact) mass is 375 g/mol. The molecule has 6 nitrogen and oxygen atoms in total. The minimum Gasteiger partial charge on any atom is -0.464 e. The number of hydrogen-bond donors (Lipinski definition) is 1. The van der Waals surface area contributed by atoms with E-state index in [4.69, 9.17) is 16.3 Å². The van der Waals surface area contributed by atoms with Crippen LogP contribution in [0.1, 0.15) is 16.8 Å². The molecular weight excluding hydrogens is 354 g/mol. The van der Waals surface area contributed by atoms with E-state index in [0.717, 1.165) is 11.1 Å². The Balaban J connectivity index is 1.68. The standard InChI is InChI=1S/C19H22ClN3O3/c1-14-7-8-16(21-12-14)11-18(24)26-10-9-23(2)19(25)22-13-15-5-3-4-6-17(15)20/h3-8,12H,9-11,13H2,1-2H3,(H,22,25). The Morgan fingerprint density at radius 1 is 1.23 bits per heavy atom. The molecule has 1 N–H and O–H groups in total. The number of amides is 2. The third kappa shape index (κ3) is 6.37. The van der Waals surface area contributed by atoms with Crippen molar-refractivity contribution in [3.63, 3.8) is 0 Å². The van der Waals surface area contributed by atoms with Crippen LogP contribution in [0.4, 0.5) is 4.79 Å². The minimum absolute atomic E-state index is 0.114. The first-order valence-corrected chi connectivity index (χ1v) is 8.63. The van der Waals surface area contributed by atoms with Gasteiger partial charge in [0.15, 0.2) is 0 Å². The Kier molecular flexibility index (Phi) is 7.41. The second-order valence-electron chi connectivity index (χ2n) is 5.90. The highest BCUT2D eigenvalue weighted by molar-refractivity contribution is 6.31. The summed E-state index contributed by atoms with van der Waals surface area (Å²) in [5.41, 5.74) is 2.53. The molecule has 0 bridgehead atoms. The molecule has 138 valence electrons. The smallest absolute Gasteiger partial charge is 0.317 e. The van der Waals surface area contributed by atoms with Crippen LogP contribution in [0.2, 0.25) is 5.02 Å². The molecule has 1 heterocycles. The first-order valence-electron chi connectivity index (χ1n) is 8.25. The van der Waals surface area contributed by atoms with Gasteiger partial charge < -0.3 is 15.0 Å². The zero-order valence-electron chi connectivity index (χ0n) is 14.9. The van der Waals surface area contributed by atoms with Crippen LogP contribution in [-0.4, -0.2) is 42.1 Å². The van der Waals surface area contributed by atoms with Crippen molar-refractivity contribution in [2.45, 2.75) is 19.9 Å². The van der Waals surface area contributed by atoms with Crippen LogP contribution < -0.4 is 5.32 Å². The maximum Gasteiger partial charge on any atom is 0.317 e. The Bertz CT molecular complexity index is 750. The number of aromatic nitrogens is 1. The number of esters is 1. The van der Waals surface area contributed by atoms with Crippen LogP contribution in [0.15, 0.2) is 42.6 Å². The summed E-state index contributed by atoms with van der Waals surface area (Å²) in [6.45, 7) is 2.69. The molecule has 2 aromatic rings. The number of hydrogen-bond acceptors (Lipinski definition) is 4. The van der Waals surface area contributed by atoms with Crippen molar-refractivity contribution in [2.75, 3.05) is 20.2 Å². The topological polar surface area (TPSA) is 71.5 Å². The summed E-state index contributed by atoms with van der Waals surface area (Å²) in [5, 5.41) is 3.38. The molecule has 1 aromatic carbocycles. The first-order chi connectivity index (χ1) is 12.5. The molecular formula is C19H22ClN3O3. The van der Waals surface area contributed by atoms with Gasteiger partial charge in [0.1, 0.15) is 6.61 Å².